The van der Waals surface area contributed by atoms with Crippen molar-refractivity contribution >= 4 is 5.91 Å². The highest BCUT2D eigenvalue weighted by molar-refractivity contribution is 5.76. The van der Waals surface area contributed by atoms with Crippen LogP contribution in [0.4, 0.5) is 0 Å². The number of carbonyl (C=O) groups is 1. The van der Waals surface area contributed by atoms with E-state index in [9.17, 15) is 4.79 Å². The minimum atomic E-state index is -0.208. The minimum absolute atomic E-state index is 0.0443. The fourth-order valence-electron chi connectivity index (χ4n) is 3.35. The summed E-state index contributed by atoms with van der Waals surface area (Å²) in [6.07, 6.45) is 1.52. The standard InChI is InChI=1S/C17H24N6O2/c1-25-12-11-23-17(19-20-21-23)15(13-5-3-2-4-6-13)22-9-7-14(8-10-22)16(18)24/h2-6,14-15H,7-12H2,1H3,(H2,18,24)/t15-/m1/s1. The van der Waals surface area contributed by atoms with Gasteiger partial charge in [-0.05, 0) is 41.9 Å². The third-order valence-corrected chi connectivity index (χ3v) is 4.72. The molecule has 1 aliphatic heterocycles. The molecule has 1 amide bonds. The number of aromatic nitrogens is 4. The number of tetrazole rings is 1. The van der Waals surface area contributed by atoms with Crippen molar-refractivity contribution in [2.75, 3.05) is 26.8 Å². The lowest BCUT2D eigenvalue weighted by Gasteiger charge is -2.36. The summed E-state index contributed by atoms with van der Waals surface area (Å²) in [6, 6.07) is 10.1. The van der Waals surface area contributed by atoms with Gasteiger partial charge in [-0.25, -0.2) is 4.68 Å². The van der Waals surface area contributed by atoms with Crippen LogP contribution in [0.2, 0.25) is 0 Å². The van der Waals surface area contributed by atoms with Gasteiger partial charge >= 0.3 is 0 Å². The number of likely N-dealkylation sites (tertiary alicyclic amines) is 1. The van der Waals surface area contributed by atoms with Crippen LogP contribution in [-0.2, 0) is 16.1 Å². The molecular formula is C17H24N6O2. The van der Waals surface area contributed by atoms with Crippen LogP contribution in [0.1, 0.15) is 30.3 Å². The molecule has 25 heavy (non-hydrogen) atoms. The van der Waals surface area contributed by atoms with Gasteiger partial charge in [0.25, 0.3) is 0 Å². The molecular weight excluding hydrogens is 320 g/mol. The molecule has 3 rings (SSSR count). The maximum atomic E-state index is 11.5. The monoisotopic (exact) mass is 344 g/mol. The Hall–Kier alpha value is -2.32. The third kappa shape index (κ3) is 4.02. The molecule has 0 radical (unpaired) electrons. The summed E-state index contributed by atoms with van der Waals surface area (Å²) >= 11 is 0. The van der Waals surface area contributed by atoms with Gasteiger partial charge < -0.3 is 10.5 Å². The van der Waals surface area contributed by atoms with Gasteiger partial charge in [-0.1, -0.05) is 30.3 Å². The van der Waals surface area contributed by atoms with E-state index in [-0.39, 0.29) is 17.9 Å². The molecule has 134 valence electrons. The molecule has 2 N–H and O–H groups in total. The molecule has 2 heterocycles. The van der Waals surface area contributed by atoms with Crippen molar-refractivity contribution in [3.8, 4) is 0 Å². The molecule has 2 aromatic rings. The van der Waals surface area contributed by atoms with Crippen molar-refractivity contribution in [1.29, 1.82) is 0 Å². The van der Waals surface area contributed by atoms with E-state index >= 15 is 0 Å². The lowest BCUT2D eigenvalue weighted by Crippen LogP contribution is -2.41. The Kier molecular flexibility index (Phi) is 5.72. The van der Waals surface area contributed by atoms with Crippen molar-refractivity contribution in [1.82, 2.24) is 25.1 Å². The lowest BCUT2D eigenvalue weighted by atomic mass is 9.93. The van der Waals surface area contributed by atoms with E-state index in [1.54, 1.807) is 11.8 Å². The number of benzene rings is 1. The van der Waals surface area contributed by atoms with Gasteiger partial charge in [-0.15, -0.1) is 5.10 Å². The number of rotatable bonds is 7. The number of amides is 1. The van der Waals surface area contributed by atoms with Gasteiger partial charge in [0.2, 0.25) is 5.91 Å². The summed E-state index contributed by atoms with van der Waals surface area (Å²) in [4.78, 5) is 13.8. The molecule has 1 aromatic carbocycles. The first-order chi connectivity index (χ1) is 12.2. The van der Waals surface area contributed by atoms with E-state index in [4.69, 9.17) is 10.5 Å². The molecule has 1 saturated heterocycles. The van der Waals surface area contributed by atoms with E-state index in [1.807, 2.05) is 18.2 Å². The third-order valence-electron chi connectivity index (χ3n) is 4.72. The first-order valence-corrected chi connectivity index (χ1v) is 8.54. The quantitative estimate of drug-likeness (QED) is 0.790. The van der Waals surface area contributed by atoms with Crippen molar-refractivity contribution in [2.45, 2.75) is 25.4 Å². The average molecular weight is 344 g/mol. The SMILES string of the molecule is COCCn1nnnc1[C@@H](c1ccccc1)N1CCC(C(N)=O)CC1. The first-order valence-electron chi connectivity index (χ1n) is 8.54. The van der Waals surface area contributed by atoms with Gasteiger partial charge in [-0.3, -0.25) is 9.69 Å². The predicted molar refractivity (Wildman–Crippen MR) is 91.5 cm³/mol. The topological polar surface area (TPSA) is 99.2 Å². The number of hydrogen-bond acceptors (Lipinski definition) is 6. The second-order valence-corrected chi connectivity index (χ2v) is 6.28. The Morgan fingerprint density at radius 3 is 2.68 bits per heavy atom. The minimum Gasteiger partial charge on any atom is -0.383 e. The second kappa shape index (κ2) is 8.17. The molecule has 1 aliphatic rings. The van der Waals surface area contributed by atoms with Gasteiger partial charge in [0.1, 0.15) is 0 Å². The zero-order chi connectivity index (χ0) is 17.6. The highest BCUT2D eigenvalue weighted by atomic mass is 16.5. The van der Waals surface area contributed by atoms with E-state index < -0.39 is 0 Å². The molecule has 0 saturated carbocycles. The van der Waals surface area contributed by atoms with Crippen molar-refractivity contribution in [2.24, 2.45) is 11.7 Å². The van der Waals surface area contributed by atoms with Crippen LogP contribution in [0.5, 0.6) is 0 Å². The summed E-state index contributed by atoms with van der Waals surface area (Å²) in [5.41, 5.74) is 6.60. The van der Waals surface area contributed by atoms with Crippen LogP contribution in [0.15, 0.2) is 30.3 Å². The number of primary amides is 1. The maximum Gasteiger partial charge on any atom is 0.220 e. The fraction of sp³-hybridized carbons (Fsp3) is 0.529. The number of nitrogens with zero attached hydrogens (tertiary/aromatic N) is 5. The molecule has 0 bridgehead atoms. The molecule has 1 fully saturated rings. The van der Waals surface area contributed by atoms with E-state index in [0.717, 1.165) is 37.3 Å². The second-order valence-electron chi connectivity index (χ2n) is 6.28. The summed E-state index contributed by atoms with van der Waals surface area (Å²) in [7, 11) is 1.66. The van der Waals surface area contributed by atoms with Crippen LogP contribution < -0.4 is 5.73 Å². The van der Waals surface area contributed by atoms with Gasteiger partial charge in [0, 0.05) is 13.0 Å². The number of ether oxygens (including phenoxy) is 1. The van der Waals surface area contributed by atoms with Crippen LogP contribution in [-0.4, -0.2) is 57.8 Å². The Balaban J connectivity index is 1.87. The van der Waals surface area contributed by atoms with Crippen molar-refractivity contribution < 1.29 is 9.53 Å². The van der Waals surface area contributed by atoms with Crippen LogP contribution in [0.3, 0.4) is 0 Å². The lowest BCUT2D eigenvalue weighted by molar-refractivity contribution is -0.123. The molecule has 0 unspecified atom stereocenters. The molecule has 0 aliphatic carbocycles. The van der Waals surface area contributed by atoms with Crippen molar-refractivity contribution in [3.05, 3.63) is 41.7 Å². The smallest absolute Gasteiger partial charge is 0.220 e. The Morgan fingerprint density at radius 1 is 1.32 bits per heavy atom. The Bertz CT molecular complexity index is 681. The molecule has 1 aromatic heterocycles. The summed E-state index contributed by atoms with van der Waals surface area (Å²) in [6.45, 7) is 2.71. The highest BCUT2D eigenvalue weighted by Gasteiger charge is 2.32. The summed E-state index contributed by atoms with van der Waals surface area (Å²) < 4.78 is 6.95. The van der Waals surface area contributed by atoms with Crippen molar-refractivity contribution in [3.63, 3.8) is 0 Å². The van der Waals surface area contributed by atoms with Crippen LogP contribution >= 0.6 is 0 Å². The molecule has 0 spiro atoms. The van der Waals surface area contributed by atoms with Gasteiger partial charge in [0.15, 0.2) is 5.82 Å². The zero-order valence-electron chi connectivity index (χ0n) is 14.4. The largest absolute Gasteiger partial charge is 0.383 e. The molecule has 8 heteroatoms. The number of piperidine rings is 1. The molecule has 8 nitrogen and oxygen atoms in total. The number of hydrogen-bond donors (Lipinski definition) is 1. The van der Waals surface area contributed by atoms with Crippen LogP contribution in [0, 0.1) is 5.92 Å². The first kappa shape index (κ1) is 17.5. The van der Waals surface area contributed by atoms with Gasteiger partial charge in [-0.2, -0.15) is 0 Å². The Labute approximate surface area is 146 Å². The molecule has 1 atom stereocenters. The zero-order valence-corrected chi connectivity index (χ0v) is 14.4. The summed E-state index contributed by atoms with van der Waals surface area (Å²) in [5.74, 6) is 0.541. The number of carbonyl (C=O) groups excluding carboxylic acids is 1. The summed E-state index contributed by atoms with van der Waals surface area (Å²) in [5, 5.41) is 12.3. The van der Waals surface area contributed by atoms with E-state index in [1.165, 1.54) is 0 Å². The maximum absolute atomic E-state index is 11.5. The van der Waals surface area contributed by atoms with E-state index in [0.29, 0.717) is 13.2 Å². The highest BCUT2D eigenvalue weighted by Crippen LogP contribution is 2.31. The van der Waals surface area contributed by atoms with Gasteiger partial charge in [0.05, 0.1) is 19.2 Å². The Morgan fingerprint density at radius 2 is 2.04 bits per heavy atom. The number of nitrogens with two attached hydrogens (primary N) is 1. The average Bonchev–Trinajstić information content (AvgIpc) is 3.09. The predicted octanol–water partition coefficient (Wildman–Crippen LogP) is 0.606. The fourth-order valence-corrected chi connectivity index (χ4v) is 3.35. The van der Waals surface area contributed by atoms with E-state index in [2.05, 4.69) is 32.6 Å². The van der Waals surface area contributed by atoms with Crippen LogP contribution in [0.25, 0.3) is 0 Å². The normalized spacial score (nSPS) is 17.5. The number of methoxy groups -OCH3 is 1.